The van der Waals surface area contributed by atoms with Gasteiger partial charge in [0.15, 0.2) is 0 Å². The van der Waals surface area contributed by atoms with E-state index in [-0.39, 0.29) is 18.2 Å². The fourth-order valence-corrected chi connectivity index (χ4v) is 4.59. The second-order valence-corrected chi connectivity index (χ2v) is 8.30. The lowest BCUT2D eigenvalue weighted by molar-refractivity contribution is 0.0664. The molecule has 1 unspecified atom stereocenters. The molecule has 6 heteroatoms. The predicted molar refractivity (Wildman–Crippen MR) is 110 cm³/mol. The van der Waals surface area contributed by atoms with Crippen LogP contribution in [-0.4, -0.2) is 33.7 Å². The third kappa shape index (κ3) is 3.51. The second kappa shape index (κ2) is 7.34. The van der Waals surface area contributed by atoms with Crippen LogP contribution in [0.4, 0.5) is 16.2 Å². The number of rotatable bonds is 4. The number of anilines is 2. The highest BCUT2D eigenvalue weighted by Gasteiger charge is 2.51. The quantitative estimate of drug-likeness (QED) is 0.824. The van der Waals surface area contributed by atoms with Crippen LogP contribution in [0.2, 0.25) is 0 Å². The van der Waals surface area contributed by atoms with Gasteiger partial charge < -0.3 is 15.8 Å². The van der Waals surface area contributed by atoms with E-state index in [0.717, 1.165) is 36.9 Å². The number of amides is 1. The number of nitrogens with zero attached hydrogens (tertiary/aromatic N) is 2. The highest BCUT2D eigenvalue weighted by Crippen LogP contribution is 2.44. The van der Waals surface area contributed by atoms with Gasteiger partial charge >= 0.3 is 6.09 Å². The molecule has 1 saturated carbocycles. The van der Waals surface area contributed by atoms with Gasteiger partial charge in [0, 0.05) is 18.3 Å². The second-order valence-electron chi connectivity index (χ2n) is 8.30. The van der Waals surface area contributed by atoms with Crippen LogP contribution in [0.5, 0.6) is 0 Å². The number of benzene rings is 1. The standard InChI is InChI=1S/C22H28N4O2/c1-22(2)20(15-6-4-3-5-7-15)26(21(27)28-22)17-10-8-16(9-11-17)25-19-12-13-24-14-18(19)23/h3-7,12-14,16-17,20H,8-11,23H2,1-2H3,(H,24,25)/t16-,17-,20?. The van der Waals surface area contributed by atoms with Crippen molar-refractivity contribution in [2.45, 2.75) is 63.3 Å². The van der Waals surface area contributed by atoms with Gasteiger partial charge in [0.2, 0.25) is 0 Å². The topological polar surface area (TPSA) is 80.5 Å². The number of hydrogen-bond acceptors (Lipinski definition) is 5. The lowest BCUT2D eigenvalue weighted by atomic mass is 9.86. The molecule has 1 aliphatic heterocycles. The third-order valence-corrected chi connectivity index (χ3v) is 5.91. The Morgan fingerprint density at radius 2 is 1.86 bits per heavy atom. The van der Waals surface area contributed by atoms with E-state index in [1.54, 1.807) is 12.4 Å². The lowest BCUT2D eigenvalue weighted by Crippen LogP contribution is -2.44. The van der Waals surface area contributed by atoms with Gasteiger partial charge in [-0.25, -0.2) is 4.79 Å². The van der Waals surface area contributed by atoms with Crippen LogP contribution in [0.3, 0.4) is 0 Å². The average Bonchev–Trinajstić information content (AvgIpc) is 2.93. The van der Waals surface area contributed by atoms with Crippen molar-refractivity contribution in [3.8, 4) is 0 Å². The van der Waals surface area contributed by atoms with Crippen molar-refractivity contribution in [3.05, 3.63) is 54.4 Å². The molecular formula is C22H28N4O2. The summed E-state index contributed by atoms with van der Waals surface area (Å²) in [5, 5.41) is 3.53. The maximum absolute atomic E-state index is 12.8. The normalized spacial score (nSPS) is 26.7. The van der Waals surface area contributed by atoms with Crippen molar-refractivity contribution < 1.29 is 9.53 Å². The van der Waals surface area contributed by atoms with Crippen molar-refractivity contribution in [1.82, 2.24) is 9.88 Å². The Hall–Kier alpha value is -2.76. The smallest absolute Gasteiger partial charge is 0.411 e. The average molecular weight is 380 g/mol. The number of carbonyl (C=O) groups is 1. The Morgan fingerprint density at radius 1 is 1.14 bits per heavy atom. The first-order chi connectivity index (χ1) is 13.5. The molecule has 1 aromatic heterocycles. The van der Waals surface area contributed by atoms with E-state index in [1.165, 1.54) is 0 Å². The highest BCUT2D eigenvalue weighted by molar-refractivity contribution is 5.72. The fraction of sp³-hybridized carbons (Fsp3) is 0.455. The van der Waals surface area contributed by atoms with Crippen molar-refractivity contribution >= 4 is 17.5 Å². The number of nitrogens with one attached hydrogen (secondary N) is 1. The van der Waals surface area contributed by atoms with Crippen LogP contribution in [0, 0.1) is 0 Å². The van der Waals surface area contributed by atoms with Gasteiger partial charge in [-0.2, -0.15) is 0 Å². The number of pyridine rings is 1. The van der Waals surface area contributed by atoms with E-state index in [4.69, 9.17) is 10.5 Å². The maximum Gasteiger partial charge on any atom is 0.411 e. The van der Waals surface area contributed by atoms with Crippen molar-refractivity contribution in [1.29, 1.82) is 0 Å². The number of nitrogen functional groups attached to an aromatic ring is 1. The van der Waals surface area contributed by atoms with Crippen LogP contribution >= 0.6 is 0 Å². The van der Waals surface area contributed by atoms with E-state index >= 15 is 0 Å². The van der Waals surface area contributed by atoms with Crippen LogP contribution in [0.15, 0.2) is 48.8 Å². The Bertz CT molecular complexity index is 831. The van der Waals surface area contributed by atoms with E-state index in [9.17, 15) is 4.79 Å². The van der Waals surface area contributed by atoms with Gasteiger partial charge in [-0.3, -0.25) is 9.88 Å². The number of ether oxygens (including phenoxy) is 1. The fourth-order valence-electron chi connectivity index (χ4n) is 4.59. The van der Waals surface area contributed by atoms with Crippen LogP contribution in [0.1, 0.15) is 51.1 Å². The zero-order chi connectivity index (χ0) is 19.7. The molecule has 0 spiro atoms. The monoisotopic (exact) mass is 380 g/mol. The van der Waals surface area contributed by atoms with Crippen molar-refractivity contribution in [2.24, 2.45) is 0 Å². The van der Waals surface area contributed by atoms with Crippen LogP contribution < -0.4 is 11.1 Å². The molecule has 1 atom stereocenters. The number of nitrogens with two attached hydrogens (primary N) is 1. The van der Waals surface area contributed by atoms with Gasteiger partial charge in [-0.1, -0.05) is 30.3 Å². The molecule has 1 saturated heterocycles. The van der Waals surface area contributed by atoms with Crippen molar-refractivity contribution in [3.63, 3.8) is 0 Å². The summed E-state index contributed by atoms with van der Waals surface area (Å²) in [6, 6.07) is 12.6. The van der Waals surface area contributed by atoms with Gasteiger partial charge in [-0.05, 0) is 51.2 Å². The zero-order valence-corrected chi connectivity index (χ0v) is 16.5. The molecule has 148 valence electrons. The minimum Gasteiger partial charge on any atom is -0.441 e. The van der Waals surface area contributed by atoms with Gasteiger partial charge in [0.25, 0.3) is 0 Å². The Labute approximate surface area is 166 Å². The molecule has 0 radical (unpaired) electrons. The third-order valence-electron chi connectivity index (χ3n) is 5.91. The minimum atomic E-state index is -0.543. The molecule has 3 N–H and O–H groups in total. The first kappa shape index (κ1) is 18.6. The molecule has 6 nitrogen and oxygen atoms in total. The molecule has 1 aliphatic carbocycles. The Morgan fingerprint density at radius 3 is 2.54 bits per heavy atom. The van der Waals surface area contributed by atoms with Gasteiger partial charge in [0.1, 0.15) is 5.60 Å². The number of carbonyl (C=O) groups excluding carboxylic acids is 1. The molecule has 4 rings (SSSR count). The van der Waals surface area contributed by atoms with Gasteiger partial charge in [-0.15, -0.1) is 0 Å². The Kier molecular flexibility index (Phi) is 4.87. The summed E-state index contributed by atoms with van der Waals surface area (Å²) in [5.74, 6) is 0. The van der Waals surface area contributed by atoms with E-state index in [1.807, 2.05) is 43.0 Å². The first-order valence-electron chi connectivity index (χ1n) is 9.98. The first-order valence-corrected chi connectivity index (χ1v) is 9.98. The summed E-state index contributed by atoms with van der Waals surface area (Å²) in [6.07, 6.45) is 7.07. The number of cyclic esters (lactones) is 1. The van der Waals surface area contributed by atoms with E-state index < -0.39 is 5.60 Å². The molecule has 2 aromatic rings. The summed E-state index contributed by atoms with van der Waals surface area (Å²) in [5.41, 5.74) is 8.18. The van der Waals surface area contributed by atoms with Crippen LogP contribution in [0.25, 0.3) is 0 Å². The molecule has 0 bridgehead atoms. The molecule has 2 aliphatic rings. The van der Waals surface area contributed by atoms with E-state index in [2.05, 4.69) is 22.4 Å². The summed E-state index contributed by atoms with van der Waals surface area (Å²) in [4.78, 5) is 18.8. The Balaban J connectivity index is 1.47. The summed E-state index contributed by atoms with van der Waals surface area (Å²) >= 11 is 0. The van der Waals surface area contributed by atoms with Crippen LogP contribution in [-0.2, 0) is 4.74 Å². The van der Waals surface area contributed by atoms with E-state index in [0.29, 0.717) is 11.7 Å². The lowest BCUT2D eigenvalue weighted by Gasteiger charge is -2.38. The molecule has 2 fully saturated rings. The van der Waals surface area contributed by atoms with Crippen molar-refractivity contribution in [2.75, 3.05) is 11.1 Å². The largest absolute Gasteiger partial charge is 0.441 e. The summed E-state index contributed by atoms with van der Waals surface area (Å²) in [7, 11) is 0. The highest BCUT2D eigenvalue weighted by atomic mass is 16.6. The number of hydrogen-bond donors (Lipinski definition) is 2. The van der Waals surface area contributed by atoms with Gasteiger partial charge in [0.05, 0.1) is 23.6 Å². The molecule has 1 amide bonds. The zero-order valence-electron chi connectivity index (χ0n) is 16.5. The minimum absolute atomic E-state index is 0.0634. The maximum atomic E-state index is 12.8. The summed E-state index contributed by atoms with van der Waals surface area (Å²) in [6.45, 7) is 4.00. The molecule has 28 heavy (non-hydrogen) atoms. The molecule has 1 aromatic carbocycles. The predicted octanol–water partition coefficient (Wildman–Crippen LogP) is 4.36. The SMILES string of the molecule is CC1(C)OC(=O)N([C@H]2CC[C@H](Nc3ccncc3N)CC2)C1c1ccccc1. The summed E-state index contributed by atoms with van der Waals surface area (Å²) < 4.78 is 5.77. The number of aromatic nitrogens is 1. The molecular weight excluding hydrogens is 352 g/mol. The molecule has 2 heterocycles.